The van der Waals surface area contributed by atoms with E-state index in [1.165, 1.54) is 35.4 Å². The van der Waals surface area contributed by atoms with E-state index in [-0.39, 0.29) is 24.6 Å². The van der Waals surface area contributed by atoms with Crippen LogP contribution < -0.4 is 8.92 Å². The topological polar surface area (TPSA) is 78.9 Å². The third-order valence-corrected chi connectivity index (χ3v) is 5.92. The van der Waals surface area contributed by atoms with E-state index >= 15 is 0 Å². The van der Waals surface area contributed by atoms with Crippen LogP contribution in [0.5, 0.6) is 11.5 Å². The lowest BCUT2D eigenvalue weighted by Crippen LogP contribution is -2.29. The molecular weight excluding hydrogens is 565 g/mol. The lowest BCUT2D eigenvalue weighted by molar-refractivity contribution is -0.157. The molecule has 0 saturated carbocycles. The van der Waals surface area contributed by atoms with Gasteiger partial charge in [-0.2, -0.15) is 35.1 Å². The number of halogens is 3. The molecule has 0 aromatic heterocycles. The molecule has 0 N–H and O–H groups in total. The Kier molecular flexibility index (Phi) is 11.0. The molecule has 0 radical (unpaired) electrons. The van der Waals surface area contributed by atoms with E-state index in [2.05, 4.69) is 52.7 Å². The van der Waals surface area contributed by atoms with Crippen molar-refractivity contribution in [2.24, 2.45) is 0 Å². The Morgan fingerprint density at radius 1 is 0.750 bits per heavy atom. The molecule has 0 amide bonds. The van der Waals surface area contributed by atoms with Crippen molar-refractivity contribution in [3.63, 3.8) is 0 Å². The van der Waals surface area contributed by atoms with E-state index in [4.69, 9.17) is 9.47 Å². The molecule has 0 unspecified atom stereocenters. The van der Waals surface area contributed by atoms with Gasteiger partial charge in [0, 0.05) is 5.39 Å². The molecule has 0 aliphatic carbocycles. The molecule has 0 heterocycles. The van der Waals surface area contributed by atoms with Gasteiger partial charge in [0.2, 0.25) is 0 Å². The number of hydrogen-bond donors (Lipinski definition) is 0. The maximum Gasteiger partial charge on any atom is 0.534 e. The number of rotatable bonds is 6. The highest BCUT2D eigenvalue weighted by Crippen LogP contribution is 2.39. The monoisotopic (exact) mass is 594 g/mol. The van der Waals surface area contributed by atoms with Crippen LogP contribution in [0.25, 0.3) is 21.9 Å². The fourth-order valence-corrected chi connectivity index (χ4v) is 3.83. The van der Waals surface area contributed by atoms with Gasteiger partial charge in [-0.3, -0.25) is 0 Å². The third-order valence-electron chi connectivity index (χ3n) is 4.97. The molecule has 214 valence electrons. The summed E-state index contributed by atoms with van der Waals surface area (Å²) in [6.07, 6.45) is 0. The fourth-order valence-electron chi connectivity index (χ4n) is 3.35. The van der Waals surface area contributed by atoms with Crippen molar-refractivity contribution in [2.75, 3.05) is 6.61 Å². The zero-order valence-electron chi connectivity index (χ0n) is 21.9. The highest BCUT2D eigenvalue weighted by Gasteiger charge is 2.49. The van der Waals surface area contributed by atoms with Gasteiger partial charge in [0.05, 0.1) is 0 Å². The summed E-state index contributed by atoms with van der Waals surface area (Å²) in [4.78, 5) is 11.8. The quantitative estimate of drug-likeness (QED) is 0.133. The van der Waals surface area contributed by atoms with Crippen LogP contribution in [0.2, 0.25) is 0 Å². The smallest absolute Gasteiger partial charge is 0.478 e. The minimum absolute atomic E-state index is 0. The molecule has 6 nitrogen and oxygen atoms in total. The molecule has 40 heavy (non-hydrogen) atoms. The normalized spacial score (nSPS) is 11.4. The Balaban J connectivity index is 0.000000358. The Morgan fingerprint density at radius 3 is 1.75 bits per heavy atom. The number of esters is 1. The SMILES string of the molecule is CC(C)(C)OC(=O)COc1ccc2ccccc2c1OS(=O)(=O)C(F)(F)F.S.c1ccc(-c2ccccc2)cc1. The van der Waals surface area contributed by atoms with Gasteiger partial charge in [-0.1, -0.05) is 91.0 Å². The molecule has 0 atom stereocenters. The van der Waals surface area contributed by atoms with Crippen LogP contribution in [0.3, 0.4) is 0 Å². The summed E-state index contributed by atoms with van der Waals surface area (Å²) >= 11 is 0. The van der Waals surface area contributed by atoms with E-state index in [0.717, 1.165) is 0 Å². The van der Waals surface area contributed by atoms with Gasteiger partial charge in [-0.05, 0) is 43.4 Å². The van der Waals surface area contributed by atoms with E-state index in [1.54, 1.807) is 32.9 Å². The standard InChI is InChI=1S/C17H17F3O6S.C12H10.H2S/c1-16(2,3)25-14(21)10-24-13-9-8-11-6-4-5-7-12(11)15(13)26-27(22,23)17(18,19)20;1-3-7-11(8-4-1)12-9-5-2-6-10-12;/h4-9H,10H2,1-3H3;1-10H;1H2. The maximum absolute atomic E-state index is 12.7. The van der Waals surface area contributed by atoms with Gasteiger partial charge in [-0.15, -0.1) is 0 Å². The van der Waals surface area contributed by atoms with Crippen LogP contribution in [0, 0.1) is 0 Å². The fraction of sp³-hybridized carbons (Fsp3) is 0.207. The molecule has 4 rings (SSSR count). The number of carbonyl (C=O) groups is 1. The van der Waals surface area contributed by atoms with Crippen molar-refractivity contribution >= 4 is 40.4 Å². The maximum atomic E-state index is 12.7. The second kappa shape index (κ2) is 13.6. The molecule has 0 bridgehead atoms. The number of hydrogen-bond acceptors (Lipinski definition) is 6. The first-order chi connectivity index (χ1) is 18.3. The van der Waals surface area contributed by atoms with Gasteiger partial charge in [0.15, 0.2) is 18.1 Å². The number of carbonyl (C=O) groups excluding carboxylic acids is 1. The number of fused-ring (bicyclic) bond motifs is 1. The van der Waals surface area contributed by atoms with E-state index in [0.29, 0.717) is 5.39 Å². The summed E-state index contributed by atoms with van der Waals surface area (Å²) in [7, 11) is -5.93. The molecule has 11 heteroatoms. The van der Waals surface area contributed by atoms with Crippen LogP contribution in [0.1, 0.15) is 20.8 Å². The molecule has 0 aliphatic heterocycles. The van der Waals surface area contributed by atoms with E-state index < -0.39 is 39.6 Å². The van der Waals surface area contributed by atoms with Crippen LogP contribution >= 0.6 is 13.5 Å². The van der Waals surface area contributed by atoms with E-state index in [9.17, 15) is 26.4 Å². The van der Waals surface area contributed by atoms with Crippen molar-refractivity contribution < 1.29 is 40.0 Å². The van der Waals surface area contributed by atoms with Crippen molar-refractivity contribution in [1.82, 2.24) is 0 Å². The van der Waals surface area contributed by atoms with Gasteiger partial charge < -0.3 is 13.7 Å². The first-order valence-corrected chi connectivity index (χ1v) is 13.2. The predicted octanol–water partition coefficient (Wildman–Crippen LogP) is 7.26. The Morgan fingerprint density at radius 2 is 1.25 bits per heavy atom. The Labute approximate surface area is 238 Å². The molecule has 4 aromatic rings. The van der Waals surface area contributed by atoms with Crippen molar-refractivity contribution in [1.29, 1.82) is 0 Å². The highest BCUT2D eigenvalue weighted by molar-refractivity contribution is 7.88. The summed E-state index contributed by atoms with van der Waals surface area (Å²) in [5, 5.41) is 0.501. The van der Waals surface area contributed by atoms with E-state index in [1.807, 2.05) is 12.1 Å². The third kappa shape index (κ3) is 9.20. The number of benzene rings is 4. The summed E-state index contributed by atoms with van der Waals surface area (Å²) in [5.74, 6) is -1.78. The average Bonchev–Trinajstić information content (AvgIpc) is 2.88. The average molecular weight is 595 g/mol. The lowest BCUT2D eigenvalue weighted by Gasteiger charge is -2.20. The molecule has 0 aliphatic rings. The van der Waals surface area contributed by atoms with Crippen LogP contribution in [-0.4, -0.2) is 32.1 Å². The highest BCUT2D eigenvalue weighted by atomic mass is 32.2. The summed E-state index contributed by atoms with van der Waals surface area (Å²) in [6, 6.07) is 29.5. The second-order valence-corrected chi connectivity index (χ2v) is 10.7. The van der Waals surface area contributed by atoms with Crippen LogP contribution in [0.15, 0.2) is 97.1 Å². The number of alkyl halides is 3. The Hall–Kier alpha value is -3.70. The summed E-state index contributed by atoms with van der Waals surface area (Å²) < 4.78 is 75.6. The predicted molar refractivity (Wildman–Crippen MR) is 153 cm³/mol. The first kappa shape index (κ1) is 32.5. The molecule has 0 saturated heterocycles. The zero-order chi connectivity index (χ0) is 28.7. The zero-order valence-corrected chi connectivity index (χ0v) is 23.8. The van der Waals surface area contributed by atoms with Gasteiger partial charge in [0.25, 0.3) is 0 Å². The van der Waals surface area contributed by atoms with Gasteiger partial charge >= 0.3 is 21.6 Å². The molecular formula is C29H29F3O6S2. The minimum Gasteiger partial charge on any atom is -0.478 e. The molecule has 0 fully saturated rings. The summed E-state index contributed by atoms with van der Waals surface area (Å²) in [6.45, 7) is 4.25. The van der Waals surface area contributed by atoms with Crippen LogP contribution in [-0.2, 0) is 19.6 Å². The number of ether oxygens (including phenoxy) is 2. The minimum atomic E-state index is -5.93. The van der Waals surface area contributed by atoms with Gasteiger partial charge in [0.1, 0.15) is 5.60 Å². The Bertz CT molecular complexity index is 1460. The summed E-state index contributed by atoms with van der Waals surface area (Å²) in [5.41, 5.74) is -3.86. The largest absolute Gasteiger partial charge is 0.534 e. The second-order valence-electron chi connectivity index (χ2n) is 9.20. The molecule has 0 spiro atoms. The van der Waals surface area contributed by atoms with Crippen molar-refractivity contribution in [3.8, 4) is 22.6 Å². The first-order valence-electron chi connectivity index (χ1n) is 11.7. The van der Waals surface area contributed by atoms with Crippen molar-refractivity contribution in [3.05, 3.63) is 97.1 Å². The molecule has 4 aromatic carbocycles. The van der Waals surface area contributed by atoms with Crippen LogP contribution in [0.4, 0.5) is 13.2 Å². The van der Waals surface area contributed by atoms with Gasteiger partial charge in [-0.25, -0.2) is 4.79 Å². The van der Waals surface area contributed by atoms with Crippen molar-refractivity contribution in [2.45, 2.75) is 31.9 Å². The lowest BCUT2D eigenvalue weighted by atomic mass is 10.1.